The smallest absolute Gasteiger partial charge is 0.471 e. The molecule has 8 heteroatoms. The lowest BCUT2D eigenvalue weighted by atomic mass is 10.0. The highest BCUT2D eigenvalue weighted by Gasteiger charge is 2.40. The van der Waals surface area contributed by atoms with Gasteiger partial charge in [-0.05, 0) is 18.9 Å². The molecule has 1 N–H and O–H groups in total. The third-order valence-electron chi connectivity index (χ3n) is 3.97. The van der Waals surface area contributed by atoms with Crippen LogP contribution in [0.2, 0.25) is 0 Å². The number of hydrogen-bond donors (Lipinski definition) is 1. The van der Waals surface area contributed by atoms with Crippen molar-refractivity contribution in [3.63, 3.8) is 0 Å². The number of methoxy groups -OCH3 is 1. The number of likely N-dealkylation sites (tertiary alicyclic amines) is 1. The molecule has 2 rings (SSSR count). The van der Waals surface area contributed by atoms with Crippen LogP contribution in [0.15, 0.2) is 24.3 Å². The third-order valence-corrected chi connectivity index (χ3v) is 3.97. The minimum Gasteiger partial charge on any atom is -0.496 e. The number of amides is 2. The Kier molecular flexibility index (Phi) is 5.69. The number of para-hydroxylation sites is 1. The van der Waals surface area contributed by atoms with E-state index >= 15 is 0 Å². The molecule has 1 heterocycles. The van der Waals surface area contributed by atoms with E-state index < -0.39 is 18.1 Å². The van der Waals surface area contributed by atoms with Gasteiger partial charge in [0.05, 0.1) is 13.5 Å². The van der Waals surface area contributed by atoms with Crippen LogP contribution in [0.3, 0.4) is 0 Å². The highest BCUT2D eigenvalue weighted by molar-refractivity contribution is 5.82. The molecule has 0 spiro atoms. The zero-order chi connectivity index (χ0) is 17.7. The SMILES string of the molecule is COc1ccccc1CC(=O)N1CCC(NC(=O)C(F)(F)F)CC1. The minimum absolute atomic E-state index is 0.111. The lowest BCUT2D eigenvalue weighted by Crippen LogP contribution is -2.49. The summed E-state index contributed by atoms with van der Waals surface area (Å²) in [6.07, 6.45) is -4.10. The fourth-order valence-corrected chi connectivity index (χ4v) is 2.66. The number of nitrogens with zero attached hydrogens (tertiary/aromatic N) is 1. The molecule has 0 unspecified atom stereocenters. The van der Waals surface area contributed by atoms with Crippen molar-refractivity contribution in [3.05, 3.63) is 29.8 Å². The van der Waals surface area contributed by atoms with E-state index in [1.165, 1.54) is 7.11 Å². The first kappa shape index (κ1) is 18.1. The molecule has 0 aromatic heterocycles. The first-order valence-corrected chi connectivity index (χ1v) is 7.58. The molecule has 0 radical (unpaired) electrons. The Morgan fingerprint density at radius 1 is 1.25 bits per heavy atom. The zero-order valence-electron chi connectivity index (χ0n) is 13.2. The second kappa shape index (κ2) is 7.55. The number of hydrogen-bond acceptors (Lipinski definition) is 3. The second-order valence-electron chi connectivity index (χ2n) is 5.61. The Morgan fingerprint density at radius 3 is 2.46 bits per heavy atom. The molecule has 24 heavy (non-hydrogen) atoms. The molecule has 0 atom stereocenters. The quantitative estimate of drug-likeness (QED) is 0.908. The molecule has 2 amide bonds. The summed E-state index contributed by atoms with van der Waals surface area (Å²) < 4.78 is 41.9. The summed E-state index contributed by atoms with van der Waals surface area (Å²) in [4.78, 5) is 24.9. The fourth-order valence-electron chi connectivity index (χ4n) is 2.66. The lowest BCUT2D eigenvalue weighted by Gasteiger charge is -2.32. The molecule has 1 aliphatic rings. The Labute approximate surface area is 137 Å². The Balaban J connectivity index is 1.86. The molecule has 0 saturated carbocycles. The van der Waals surface area contributed by atoms with E-state index in [1.54, 1.807) is 17.0 Å². The summed E-state index contributed by atoms with van der Waals surface area (Å²) in [7, 11) is 1.53. The van der Waals surface area contributed by atoms with Crippen LogP contribution in [0.1, 0.15) is 18.4 Å². The zero-order valence-corrected chi connectivity index (χ0v) is 13.2. The molecule has 0 aliphatic carbocycles. The van der Waals surface area contributed by atoms with E-state index in [2.05, 4.69) is 0 Å². The summed E-state index contributed by atoms with van der Waals surface area (Å²) in [6.45, 7) is 0.633. The number of carbonyl (C=O) groups is 2. The molecule has 1 saturated heterocycles. The number of ether oxygens (including phenoxy) is 1. The van der Waals surface area contributed by atoms with Crippen LogP contribution in [-0.2, 0) is 16.0 Å². The summed E-state index contributed by atoms with van der Waals surface area (Å²) in [5.41, 5.74) is 0.762. The average molecular weight is 344 g/mol. The monoisotopic (exact) mass is 344 g/mol. The van der Waals surface area contributed by atoms with Crippen LogP contribution < -0.4 is 10.1 Å². The van der Waals surface area contributed by atoms with Crippen LogP contribution in [-0.4, -0.2) is 49.1 Å². The predicted molar refractivity (Wildman–Crippen MR) is 80.5 cm³/mol. The van der Waals surface area contributed by atoms with E-state index in [4.69, 9.17) is 4.74 Å². The van der Waals surface area contributed by atoms with Gasteiger partial charge < -0.3 is 15.0 Å². The summed E-state index contributed by atoms with van der Waals surface area (Å²) in [5.74, 6) is -1.42. The number of piperidine rings is 1. The van der Waals surface area contributed by atoms with Crippen molar-refractivity contribution in [2.75, 3.05) is 20.2 Å². The van der Waals surface area contributed by atoms with Gasteiger partial charge in [0, 0.05) is 24.7 Å². The maximum atomic E-state index is 12.3. The molecule has 132 valence electrons. The molecule has 1 fully saturated rings. The van der Waals surface area contributed by atoms with Gasteiger partial charge in [-0.1, -0.05) is 18.2 Å². The largest absolute Gasteiger partial charge is 0.496 e. The van der Waals surface area contributed by atoms with E-state index in [-0.39, 0.29) is 12.3 Å². The molecule has 1 aromatic rings. The second-order valence-corrected chi connectivity index (χ2v) is 5.61. The van der Waals surface area contributed by atoms with Gasteiger partial charge in [0.1, 0.15) is 5.75 Å². The van der Waals surface area contributed by atoms with Crippen LogP contribution in [0.25, 0.3) is 0 Å². The number of alkyl halides is 3. The maximum Gasteiger partial charge on any atom is 0.471 e. The van der Waals surface area contributed by atoms with Gasteiger partial charge in [0.2, 0.25) is 5.91 Å². The van der Waals surface area contributed by atoms with Crippen LogP contribution >= 0.6 is 0 Å². The van der Waals surface area contributed by atoms with Crippen molar-refractivity contribution in [2.45, 2.75) is 31.5 Å². The molecular weight excluding hydrogens is 325 g/mol. The number of halogens is 3. The van der Waals surface area contributed by atoms with Gasteiger partial charge in [-0.2, -0.15) is 13.2 Å². The highest BCUT2D eigenvalue weighted by Crippen LogP contribution is 2.20. The van der Waals surface area contributed by atoms with Gasteiger partial charge >= 0.3 is 12.1 Å². The predicted octanol–water partition coefficient (Wildman–Crippen LogP) is 1.91. The van der Waals surface area contributed by atoms with Gasteiger partial charge in [-0.25, -0.2) is 0 Å². The fraction of sp³-hybridized carbons (Fsp3) is 0.500. The Morgan fingerprint density at radius 2 is 1.88 bits per heavy atom. The first-order valence-electron chi connectivity index (χ1n) is 7.58. The normalized spacial score (nSPS) is 15.9. The van der Waals surface area contributed by atoms with Crippen molar-refractivity contribution in [1.29, 1.82) is 0 Å². The minimum atomic E-state index is -4.88. The van der Waals surface area contributed by atoms with E-state index in [1.807, 2.05) is 17.4 Å². The molecule has 0 bridgehead atoms. The molecule has 5 nitrogen and oxygen atoms in total. The average Bonchev–Trinajstić information content (AvgIpc) is 2.55. The van der Waals surface area contributed by atoms with E-state index in [0.29, 0.717) is 31.7 Å². The van der Waals surface area contributed by atoms with Crippen LogP contribution in [0.4, 0.5) is 13.2 Å². The van der Waals surface area contributed by atoms with Gasteiger partial charge in [-0.3, -0.25) is 9.59 Å². The number of nitrogens with one attached hydrogen (secondary N) is 1. The van der Waals surface area contributed by atoms with Crippen molar-refractivity contribution < 1.29 is 27.5 Å². The van der Waals surface area contributed by atoms with Crippen molar-refractivity contribution >= 4 is 11.8 Å². The third kappa shape index (κ3) is 4.62. The number of carbonyl (C=O) groups excluding carboxylic acids is 2. The molecule has 1 aromatic carbocycles. The van der Waals surface area contributed by atoms with Crippen molar-refractivity contribution in [1.82, 2.24) is 10.2 Å². The molecule has 1 aliphatic heterocycles. The summed E-state index contributed by atoms with van der Waals surface area (Å²) in [6, 6.07) is 6.62. The topological polar surface area (TPSA) is 58.6 Å². The Hall–Kier alpha value is -2.25. The van der Waals surface area contributed by atoms with E-state index in [0.717, 1.165) is 5.56 Å². The lowest BCUT2D eigenvalue weighted by molar-refractivity contribution is -0.174. The summed E-state index contributed by atoms with van der Waals surface area (Å²) in [5, 5.41) is 1.96. The Bertz CT molecular complexity index is 596. The van der Waals surface area contributed by atoms with Crippen molar-refractivity contribution in [2.24, 2.45) is 0 Å². The standard InChI is InChI=1S/C16H19F3N2O3/c1-24-13-5-3-2-4-11(13)10-14(22)21-8-6-12(7-9-21)20-15(23)16(17,18)19/h2-5,12H,6-10H2,1H3,(H,20,23). The first-order chi connectivity index (χ1) is 11.3. The van der Waals surface area contributed by atoms with Crippen molar-refractivity contribution in [3.8, 4) is 5.75 Å². The van der Waals surface area contributed by atoms with Gasteiger partial charge in [-0.15, -0.1) is 0 Å². The molecular formula is C16H19F3N2O3. The highest BCUT2D eigenvalue weighted by atomic mass is 19.4. The van der Waals surface area contributed by atoms with Gasteiger partial charge in [0.25, 0.3) is 0 Å². The van der Waals surface area contributed by atoms with E-state index in [9.17, 15) is 22.8 Å². The van der Waals surface area contributed by atoms with Gasteiger partial charge in [0.15, 0.2) is 0 Å². The van der Waals surface area contributed by atoms with Crippen LogP contribution in [0, 0.1) is 0 Å². The van der Waals surface area contributed by atoms with Crippen LogP contribution in [0.5, 0.6) is 5.75 Å². The number of rotatable bonds is 4. The maximum absolute atomic E-state index is 12.3. The number of benzene rings is 1. The summed E-state index contributed by atoms with van der Waals surface area (Å²) >= 11 is 0.